The van der Waals surface area contributed by atoms with Gasteiger partial charge in [0.2, 0.25) is 0 Å². The summed E-state index contributed by atoms with van der Waals surface area (Å²) in [4.78, 5) is 1.98. The number of morpholine rings is 1. The van der Waals surface area contributed by atoms with Crippen LogP contribution in [-0.4, -0.2) is 25.3 Å². The van der Waals surface area contributed by atoms with E-state index in [0.29, 0.717) is 18.8 Å². The molecule has 2 unspecified atom stereocenters. The molecule has 1 saturated heterocycles. The minimum Gasteiger partial charge on any atom is -0.375 e. The van der Waals surface area contributed by atoms with Gasteiger partial charge in [-0.05, 0) is 31.5 Å². The van der Waals surface area contributed by atoms with Crippen molar-refractivity contribution >= 4 is 5.69 Å². The third-order valence-electron chi connectivity index (χ3n) is 3.69. The van der Waals surface area contributed by atoms with Gasteiger partial charge in [-0.2, -0.15) is 18.4 Å². The maximum atomic E-state index is 12.7. The number of benzene rings is 1. The molecule has 21 heavy (non-hydrogen) atoms. The number of nitrogens with zero attached hydrogens (tertiary/aromatic N) is 2. The van der Waals surface area contributed by atoms with E-state index >= 15 is 0 Å². The monoisotopic (exact) mass is 298 g/mol. The van der Waals surface area contributed by atoms with Crippen LogP contribution in [0.2, 0.25) is 0 Å². The van der Waals surface area contributed by atoms with Crippen molar-refractivity contribution < 1.29 is 17.9 Å². The van der Waals surface area contributed by atoms with Crippen molar-refractivity contribution in [3.05, 3.63) is 29.3 Å². The van der Waals surface area contributed by atoms with Gasteiger partial charge in [-0.15, -0.1) is 0 Å². The molecule has 0 amide bonds. The average Bonchev–Trinajstić information content (AvgIpc) is 2.45. The zero-order chi connectivity index (χ0) is 15.6. The summed E-state index contributed by atoms with van der Waals surface area (Å²) in [5.74, 6) is 0. The number of alkyl halides is 3. The molecule has 0 N–H and O–H groups in total. The molecule has 0 aliphatic carbocycles. The smallest absolute Gasteiger partial charge is 0.375 e. The molecule has 0 bridgehead atoms. The molecule has 3 nitrogen and oxygen atoms in total. The summed E-state index contributed by atoms with van der Waals surface area (Å²) in [5, 5.41) is 9.19. The first-order chi connectivity index (χ1) is 9.86. The zero-order valence-corrected chi connectivity index (χ0v) is 11.9. The van der Waals surface area contributed by atoms with E-state index in [-0.39, 0.29) is 17.7 Å². The number of ether oxygens (including phenoxy) is 1. The summed E-state index contributed by atoms with van der Waals surface area (Å²) in [6.45, 7) is 4.99. The predicted molar refractivity (Wildman–Crippen MR) is 73.0 cm³/mol. The molecule has 1 fully saturated rings. The standard InChI is InChI=1S/C15H17F3N2O/c1-3-13-9-21-10(2)8-20(13)14-5-4-12(15(16,17)18)6-11(14)7-19/h4-6,10,13H,3,8-9H2,1-2H3. The second-order valence-electron chi connectivity index (χ2n) is 5.20. The van der Waals surface area contributed by atoms with Gasteiger partial charge in [0.1, 0.15) is 6.07 Å². The maximum absolute atomic E-state index is 12.7. The number of rotatable bonds is 2. The van der Waals surface area contributed by atoms with Crippen molar-refractivity contribution in [3.63, 3.8) is 0 Å². The minimum atomic E-state index is -4.44. The number of hydrogen-bond donors (Lipinski definition) is 0. The first-order valence-electron chi connectivity index (χ1n) is 6.86. The van der Waals surface area contributed by atoms with Gasteiger partial charge in [0.05, 0.1) is 35.6 Å². The lowest BCUT2D eigenvalue weighted by Crippen LogP contribution is -2.49. The fourth-order valence-corrected chi connectivity index (χ4v) is 2.53. The highest BCUT2D eigenvalue weighted by atomic mass is 19.4. The fourth-order valence-electron chi connectivity index (χ4n) is 2.53. The van der Waals surface area contributed by atoms with Crippen LogP contribution < -0.4 is 4.90 Å². The summed E-state index contributed by atoms with van der Waals surface area (Å²) < 4.78 is 43.8. The van der Waals surface area contributed by atoms with E-state index in [1.807, 2.05) is 24.8 Å². The summed E-state index contributed by atoms with van der Waals surface area (Å²) in [6.07, 6.45) is -3.65. The van der Waals surface area contributed by atoms with Crippen LogP contribution in [0.1, 0.15) is 31.4 Å². The second kappa shape index (κ2) is 5.94. The Bertz CT molecular complexity index is 551. The molecule has 6 heteroatoms. The molecule has 2 rings (SSSR count). The predicted octanol–water partition coefficient (Wildman–Crippen LogP) is 3.58. The Morgan fingerprint density at radius 2 is 2.14 bits per heavy atom. The van der Waals surface area contributed by atoms with E-state index in [0.717, 1.165) is 18.6 Å². The molecule has 2 atom stereocenters. The van der Waals surface area contributed by atoms with Crippen LogP contribution in [0.5, 0.6) is 0 Å². The van der Waals surface area contributed by atoms with Crippen molar-refractivity contribution in [2.45, 2.75) is 38.6 Å². The van der Waals surface area contributed by atoms with E-state index in [9.17, 15) is 18.4 Å². The van der Waals surface area contributed by atoms with Crippen molar-refractivity contribution in [1.82, 2.24) is 0 Å². The topological polar surface area (TPSA) is 36.3 Å². The van der Waals surface area contributed by atoms with E-state index < -0.39 is 11.7 Å². The highest BCUT2D eigenvalue weighted by Crippen LogP contribution is 2.34. The summed E-state index contributed by atoms with van der Waals surface area (Å²) >= 11 is 0. The van der Waals surface area contributed by atoms with Crippen LogP contribution in [0, 0.1) is 11.3 Å². The molecular formula is C15H17F3N2O. The minimum absolute atomic E-state index is 0.0124. The SMILES string of the molecule is CCC1COC(C)CN1c1ccc(C(F)(F)F)cc1C#N. The molecule has 1 heterocycles. The fraction of sp³-hybridized carbons (Fsp3) is 0.533. The van der Waals surface area contributed by atoms with Gasteiger partial charge in [0.15, 0.2) is 0 Å². The average molecular weight is 298 g/mol. The van der Waals surface area contributed by atoms with E-state index in [2.05, 4.69) is 0 Å². The van der Waals surface area contributed by atoms with Gasteiger partial charge < -0.3 is 9.64 Å². The van der Waals surface area contributed by atoms with Gasteiger partial charge in [0.25, 0.3) is 0 Å². The normalized spacial score (nSPS) is 23.0. The van der Waals surface area contributed by atoms with Crippen LogP contribution in [0.3, 0.4) is 0 Å². The van der Waals surface area contributed by atoms with Crippen LogP contribution >= 0.6 is 0 Å². The molecule has 1 aliphatic heterocycles. The Morgan fingerprint density at radius 3 is 2.71 bits per heavy atom. The first kappa shape index (κ1) is 15.6. The summed E-state index contributed by atoms with van der Waals surface area (Å²) in [6, 6.07) is 5.30. The molecule has 1 aromatic carbocycles. The first-order valence-corrected chi connectivity index (χ1v) is 6.86. The number of anilines is 1. The highest BCUT2D eigenvalue weighted by Gasteiger charge is 2.33. The lowest BCUT2D eigenvalue weighted by Gasteiger charge is -2.40. The van der Waals surface area contributed by atoms with Crippen LogP contribution in [0.15, 0.2) is 18.2 Å². The lowest BCUT2D eigenvalue weighted by molar-refractivity contribution is -0.137. The van der Waals surface area contributed by atoms with Gasteiger partial charge >= 0.3 is 6.18 Å². The molecule has 0 spiro atoms. The number of nitriles is 1. The van der Waals surface area contributed by atoms with Crippen molar-refractivity contribution in [2.75, 3.05) is 18.1 Å². The largest absolute Gasteiger partial charge is 0.416 e. The molecule has 1 aromatic rings. The highest BCUT2D eigenvalue weighted by molar-refractivity contribution is 5.61. The van der Waals surface area contributed by atoms with Gasteiger partial charge in [-0.25, -0.2) is 0 Å². The van der Waals surface area contributed by atoms with E-state index in [1.165, 1.54) is 6.07 Å². The molecule has 114 valence electrons. The van der Waals surface area contributed by atoms with Crippen molar-refractivity contribution in [2.24, 2.45) is 0 Å². The Hall–Kier alpha value is -1.74. The van der Waals surface area contributed by atoms with Crippen LogP contribution in [0.25, 0.3) is 0 Å². The van der Waals surface area contributed by atoms with Crippen LogP contribution in [0.4, 0.5) is 18.9 Å². The molecule has 0 aromatic heterocycles. The lowest BCUT2D eigenvalue weighted by atomic mass is 10.0. The zero-order valence-electron chi connectivity index (χ0n) is 11.9. The van der Waals surface area contributed by atoms with E-state index in [4.69, 9.17) is 4.74 Å². The number of hydrogen-bond acceptors (Lipinski definition) is 3. The van der Waals surface area contributed by atoms with Crippen molar-refractivity contribution in [1.29, 1.82) is 5.26 Å². The van der Waals surface area contributed by atoms with Gasteiger partial charge in [-0.1, -0.05) is 6.92 Å². The van der Waals surface area contributed by atoms with Gasteiger partial charge in [-0.3, -0.25) is 0 Å². The number of halogens is 3. The Kier molecular flexibility index (Phi) is 4.43. The van der Waals surface area contributed by atoms with E-state index in [1.54, 1.807) is 0 Å². The van der Waals surface area contributed by atoms with Crippen LogP contribution in [-0.2, 0) is 10.9 Å². The van der Waals surface area contributed by atoms with Crippen molar-refractivity contribution in [3.8, 4) is 6.07 Å². The second-order valence-corrected chi connectivity index (χ2v) is 5.20. The Balaban J connectivity index is 2.41. The third kappa shape index (κ3) is 3.30. The Labute approximate surface area is 121 Å². The third-order valence-corrected chi connectivity index (χ3v) is 3.69. The quantitative estimate of drug-likeness (QED) is 0.837. The van der Waals surface area contributed by atoms with Gasteiger partial charge in [0, 0.05) is 6.54 Å². The molecular weight excluding hydrogens is 281 g/mol. The molecule has 0 radical (unpaired) electrons. The Morgan fingerprint density at radius 1 is 1.43 bits per heavy atom. The summed E-state index contributed by atoms with van der Waals surface area (Å²) in [5.41, 5.74) is -0.193. The summed E-state index contributed by atoms with van der Waals surface area (Å²) in [7, 11) is 0. The molecule has 1 aliphatic rings. The molecule has 0 saturated carbocycles. The maximum Gasteiger partial charge on any atom is 0.416 e.